The van der Waals surface area contributed by atoms with Crippen LogP contribution < -0.4 is 5.32 Å². The van der Waals surface area contributed by atoms with Crippen molar-refractivity contribution in [2.24, 2.45) is 5.10 Å². The molecule has 0 bridgehead atoms. The molecule has 1 heterocycles. The molecule has 70 valence electrons. The van der Waals surface area contributed by atoms with E-state index in [1.165, 1.54) is 0 Å². The first-order valence-corrected chi connectivity index (χ1v) is 4.35. The third-order valence-corrected chi connectivity index (χ3v) is 1.81. The number of allylic oxidation sites excluding steroid dienone is 3. The maximum Gasteiger partial charge on any atom is 0.0607 e. The highest BCUT2D eigenvalue weighted by molar-refractivity contribution is 5.34. The van der Waals surface area contributed by atoms with Gasteiger partial charge in [0.2, 0.25) is 0 Å². The highest BCUT2D eigenvalue weighted by atomic mass is 15.4. The van der Waals surface area contributed by atoms with Crippen LogP contribution in [0.2, 0.25) is 0 Å². The van der Waals surface area contributed by atoms with Crippen molar-refractivity contribution in [1.82, 2.24) is 10.3 Å². The first-order chi connectivity index (χ1) is 6.31. The van der Waals surface area contributed by atoms with Gasteiger partial charge in [-0.3, -0.25) is 0 Å². The number of hydrogen-bond donors (Lipinski definition) is 1. The monoisotopic (exact) mass is 177 g/mol. The van der Waals surface area contributed by atoms with E-state index in [1.807, 2.05) is 25.4 Å². The zero-order chi connectivity index (χ0) is 9.68. The molecule has 0 aromatic rings. The van der Waals surface area contributed by atoms with E-state index < -0.39 is 0 Å². The van der Waals surface area contributed by atoms with Crippen molar-refractivity contribution >= 4 is 6.72 Å². The molecule has 0 atom stereocenters. The number of likely N-dealkylation sites (N-methyl/N-ethyl adjacent to an activating group) is 1. The van der Waals surface area contributed by atoms with Gasteiger partial charge in [0.25, 0.3) is 0 Å². The average molecular weight is 177 g/mol. The van der Waals surface area contributed by atoms with Gasteiger partial charge in [-0.2, -0.15) is 5.10 Å². The molecular weight excluding hydrogens is 162 g/mol. The molecule has 1 aliphatic heterocycles. The van der Waals surface area contributed by atoms with Crippen LogP contribution in [0.1, 0.15) is 13.3 Å². The predicted octanol–water partition coefficient (Wildman–Crippen LogP) is 1.83. The van der Waals surface area contributed by atoms with Gasteiger partial charge in [0, 0.05) is 13.8 Å². The fourth-order valence-electron chi connectivity index (χ4n) is 1.14. The zero-order valence-corrected chi connectivity index (χ0v) is 8.12. The fraction of sp³-hybridized carbons (Fsp3) is 0.300. The van der Waals surface area contributed by atoms with Crippen LogP contribution in [0.4, 0.5) is 0 Å². The first kappa shape index (κ1) is 9.58. The Morgan fingerprint density at radius 3 is 2.92 bits per heavy atom. The molecule has 0 spiro atoms. The highest BCUT2D eigenvalue weighted by Crippen LogP contribution is 2.15. The molecule has 0 radical (unpaired) electrons. The molecule has 1 N–H and O–H groups in total. The summed E-state index contributed by atoms with van der Waals surface area (Å²) in [4.78, 5) is 0. The molecule has 0 unspecified atom stereocenters. The van der Waals surface area contributed by atoms with Crippen LogP contribution >= 0.6 is 0 Å². The highest BCUT2D eigenvalue weighted by Gasteiger charge is 2.06. The lowest BCUT2D eigenvalue weighted by Crippen LogP contribution is -2.16. The molecule has 1 rings (SSSR count). The van der Waals surface area contributed by atoms with E-state index in [4.69, 9.17) is 0 Å². The summed E-state index contributed by atoms with van der Waals surface area (Å²) in [5.41, 5.74) is 2.09. The second-order valence-electron chi connectivity index (χ2n) is 2.69. The third kappa shape index (κ3) is 2.21. The predicted molar refractivity (Wildman–Crippen MR) is 56.0 cm³/mol. The minimum absolute atomic E-state index is 0.994. The summed E-state index contributed by atoms with van der Waals surface area (Å²) < 4.78 is 0. The maximum absolute atomic E-state index is 3.89. The van der Waals surface area contributed by atoms with Gasteiger partial charge in [0.05, 0.1) is 17.6 Å². The van der Waals surface area contributed by atoms with E-state index >= 15 is 0 Å². The fourth-order valence-corrected chi connectivity index (χ4v) is 1.14. The minimum atomic E-state index is 0.994. The Morgan fingerprint density at radius 2 is 2.38 bits per heavy atom. The lowest BCUT2D eigenvalue weighted by Gasteiger charge is -2.20. The molecule has 0 saturated carbocycles. The molecule has 0 saturated heterocycles. The Morgan fingerprint density at radius 1 is 1.62 bits per heavy atom. The van der Waals surface area contributed by atoms with Crippen LogP contribution in [0.3, 0.4) is 0 Å². The van der Waals surface area contributed by atoms with Crippen LogP contribution in [0.15, 0.2) is 40.9 Å². The van der Waals surface area contributed by atoms with Crippen LogP contribution in [0, 0.1) is 0 Å². The summed E-state index contributed by atoms with van der Waals surface area (Å²) in [6, 6.07) is 0. The van der Waals surface area contributed by atoms with E-state index in [0.717, 1.165) is 17.8 Å². The van der Waals surface area contributed by atoms with Gasteiger partial charge in [-0.1, -0.05) is 13.0 Å². The number of hydrazone groups is 1. The lowest BCUT2D eigenvalue weighted by molar-refractivity contribution is 0.504. The quantitative estimate of drug-likeness (QED) is 0.666. The van der Waals surface area contributed by atoms with Crippen LogP contribution in [-0.4, -0.2) is 18.8 Å². The van der Waals surface area contributed by atoms with E-state index in [1.54, 1.807) is 5.01 Å². The second-order valence-corrected chi connectivity index (χ2v) is 2.69. The van der Waals surface area contributed by atoms with E-state index in [-0.39, 0.29) is 0 Å². The lowest BCUT2D eigenvalue weighted by atomic mass is 10.2. The summed E-state index contributed by atoms with van der Waals surface area (Å²) in [6.45, 7) is 5.61. The van der Waals surface area contributed by atoms with Gasteiger partial charge in [0.1, 0.15) is 0 Å². The van der Waals surface area contributed by atoms with E-state index in [9.17, 15) is 0 Å². The standard InChI is InChI=1S/C10H15N3/c1-4-5-10-7-6-9(11-2)8-13(10)12-3/h5-8,11H,3-4H2,1-2H3/b10-5-. The number of nitrogens with zero attached hydrogens (tertiary/aromatic N) is 2. The van der Waals surface area contributed by atoms with Gasteiger partial charge in [0.15, 0.2) is 0 Å². The normalized spacial score (nSPS) is 18.8. The van der Waals surface area contributed by atoms with Gasteiger partial charge >= 0.3 is 0 Å². The Bertz CT molecular complexity index is 274. The summed E-state index contributed by atoms with van der Waals surface area (Å²) in [6.07, 6.45) is 9.05. The first-order valence-electron chi connectivity index (χ1n) is 4.35. The second kappa shape index (κ2) is 4.50. The topological polar surface area (TPSA) is 27.6 Å². The Balaban J connectivity index is 2.85. The molecule has 3 heteroatoms. The van der Waals surface area contributed by atoms with Crippen LogP contribution in [-0.2, 0) is 0 Å². The number of nitrogens with one attached hydrogen (secondary N) is 1. The van der Waals surface area contributed by atoms with Crippen LogP contribution in [0.5, 0.6) is 0 Å². The van der Waals surface area contributed by atoms with Crippen molar-refractivity contribution in [2.75, 3.05) is 7.05 Å². The minimum Gasteiger partial charge on any atom is -0.387 e. The Kier molecular flexibility index (Phi) is 3.31. The van der Waals surface area contributed by atoms with Crippen molar-refractivity contribution in [3.8, 4) is 0 Å². The molecule has 0 aromatic carbocycles. The maximum atomic E-state index is 3.89. The summed E-state index contributed by atoms with van der Waals surface area (Å²) in [7, 11) is 1.88. The summed E-state index contributed by atoms with van der Waals surface area (Å²) in [5, 5.41) is 8.70. The average Bonchev–Trinajstić information content (AvgIpc) is 2.19. The van der Waals surface area contributed by atoms with Gasteiger partial charge in [-0.25, -0.2) is 5.01 Å². The Hall–Kier alpha value is -1.51. The van der Waals surface area contributed by atoms with E-state index in [0.29, 0.717) is 0 Å². The SMILES string of the molecule is C=NN1C=C(NC)C=C/C1=C/CC. The van der Waals surface area contributed by atoms with Crippen molar-refractivity contribution in [1.29, 1.82) is 0 Å². The molecule has 3 nitrogen and oxygen atoms in total. The van der Waals surface area contributed by atoms with Crippen molar-refractivity contribution in [2.45, 2.75) is 13.3 Å². The van der Waals surface area contributed by atoms with Gasteiger partial charge < -0.3 is 5.32 Å². The molecular formula is C10H15N3. The summed E-state index contributed by atoms with van der Waals surface area (Å²) >= 11 is 0. The van der Waals surface area contributed by atoms with E-state index in [2.05, 4.69) is 30.1 Å². The third-order valence-electron chi connectivity index (χ3n) is 1.81. The van der Waals surface area contributed by atoms with Gasteiger partial charge in [-0.15, -0.1) is 0 Å². The zero-order valence-electron chi connectivity index (χ0n) is 8.12. The molecule has 0 fully saturated rings. The van der Waals surface area contributed by atoms with Crippen molar-refractivity contribution in [3.63, 3.8) is 0 Å². The van der Waals surface area contributed by atoms with Crippen molar-refractivity contribution in [3.05, 3.63) is 35.8 Å². The molecule has 13 heavy (non-hydrogen) atoms. The molecule has 0 amide bonds. The Labute approximate surface area is 79.1 Å². The molecule has 0 aromatic heterocycles. The van der Waals surface area contributed by atoms with Crippen LogP contribution in [0.25, 0.3) is 0 Å². The largest absolute Gasteiger partial charge is 0.387 e. The van der Waals surface area contributed by atoms with Gasteiger partial charge in [-0.05, 0) is 18.6 Å². The molecule has 0 aliphatic carbocycles. The van der Waals surface area contributed by atoms with Crippen molar-refractivity contribution < 1.29 is 0 Å². The molecule has 1 aliphatic rings. The smallest absolute Gasteiger partial charge is 0.0607 e. The number of hydrogen-bond acceptors (Lipinski definition) is 3. The number of rotatable bonds is 3. The summed E-state index contributed by atoms with van der Waals surface area (Å²) in [5.74, 6) is 0.